The van der Waals surface area contributed by atoms with Gasteiger partial charge in [0.1, 0.15) is 0 Å². The summed E-state index contributed by atoms with van der Waals surface area (Å²) in [5, 5.41) is 3.20. The van der Waals surface area contributed by atoms with Crippen molar-refractivity contribution in [3.05, 3.63) is 63.1 Å². The van der Waals surface area contributed by atoms with Crippen molar-refractivity contribution in [2.75, 3.05) is 5.32 Å². The zero-order valence-corrected chi connectivity index (χ0v) is 17.9. The highest BCUT2D eigenvalue weighted by Gasteiger charge is 2.37. The van der Waals surface area contributed by atoms with E-state index in [2.05, 4.69) is 5.32 Å². The zero-order chi connectivity index (χ0) is 22.2. The number of hydrogen-bond donors (Lipinski definition) is 1. The molecule has 3 rings (SSSR count). The second kappa shape index (κ2) is 8.45. The van der Waals surface area contributed by atoms with Crippen molar-refractivity contribution < 1.29 is 23.9 Å². The van der Waals surface area contributed by atoms with Gasteiger partial charge in [0.15, 0.2) is 6.10 Å². The number of nitrogens with zero attached hydrogens (tertiary/aromatic N) is 1. The van der Waals surface area contributed by atoms with Crippen LogP contribution in [-0.4, -0.2) is 40.7 Å². The summed E-state index contributed by atoms with van der Waals surface area (Å²) in [5.74, 6) is -2.29. The Labute approximate surface area is 182 Å². The molecule has 0 aliphatic carbocycles. The SMILES string of the molecule is CC(OC(=O)c1ccc2c(c1)C(=O)N(C(C)C)C2=O)C(=O)Nc1cc(Cl)ccc1Cl. The maximum Gasteiger partial charge on any atom is 0.338 e. The largest absolute Gasteiger partial charge is 0.449 e. The third-order valence-corrected chi connectivity index (χ3v) is 5.07. The van der Waals surface area contributed by atoms with Gasteiger partial charge in [-0.05, 0) is 57.2 Å². The van der Waals surface area contributed by atoms with Crippen molar-refractivity contribution in [2.45, 2.75) is 32.9 Å². The molecule has 0 saturated carbocycles. The van der Waals surface area contributed by atoms with Gasteiger partial charge in [0.05, 0.1) is 27.4 Å². The first kappa shape index (κ1) is 21.8. The first-order chi connectivity index (χ1) is 14.1. The topological polar surface area (TPSA) is 92.8 Å². The number of benzene rings is 2. The average Bonchev–Trinajstić information content (AvgIpc) is 2.94. The summed E-state index contributed by atoms with van der Waals surface area (Å²) in [5.41, 5.74) is 0.700. The van der Waals surface area contributed by atoms with Gasteiger partial charge in [0.25, 0.3) is 17.7 Å². The van der Waals surface area contributed by atoms with E-state index in [0.717, 1.165) is 4.90 Å². The Hall–Kier alpha value is -2.90. The van der Waals surface area contributed by atoms with Crippen LogP contribution in [0.2, 0.25) is 10.0 Å². The molecule has 1 atom stereocenters. The smallest absolute Gasteiger partial charge is 0.338 e. The van der Waals surface area contributed by atoms with Crippen LogP contribution in [0, 0.1) is 0 Å². The molecule has 0 spiro atoms. The van der Waals surface area contributed by atoms with Gasteiger partial charge in [0.2, 0.25) is 0 Å². The summed E-state index contributed by atoms with van der Waals surface area (Å²) in [4.78, 5) is 50.8. The maximum absolute atomic E-state index is 12.5. The van der Waals surface area contributed by atoms with E-state index in [9.17, 15) is 19.2 Å². The minimum absolute atomic E-state index is 0.0564. The molecule has 0 fully saturated rings. The zero-order valence-electron chi connectivity index (χ0n) is 16.4. The number of ether oxygens (including phenoxy) is 1. The van der Waals surface area contributed by atoms with Crippen LogP contribution in [0.15, 0.2) is 36.4 Å². The minimum atomic E-state index is -1.15. The molecule has 1 aliphatic heterocycles. The van der Waals surface area contributed by atoms with Crippen molar-refractivity contribution >= 4 is 52.6 Å². The maximum atomic E-state index is 12.5. The van der Waals surface area contributed by atoms with E-state index in [-0.39, 0.29) is 33.4 Å². The minimum Gasteiger partial charge on any atom is -0.449 e. The van der Waals surface area contributed by atoms with E-state index in [1.807, 2.05) is 0 Å². The molecule has 9 heteroatoms. The van der Waals surface area contributed by atoms with Crippen LogP contribution < -0.4 is 5.32 Å². The molecule has 1 unspecified atom stereocenters. The number of carbonyl (C=O) groups is 4. The average molecular weight is 449 g/mol. The summed E-state index contributed by atoms with van der Waals surface area (Å²) in [7, 11) is 0. The Morgan fingerprint density at radius 1 is 0.967 bits per heavy atom. The molecule has 156 valence electrons. The van der Waals surface area contributed by atoms with E-state index in [4.69, 9.17) is 27.9 Å². The molecule has 7 nitrogen and oxygen atoms in total. The number of hydrogen-bond acceptors (Lipinski definition) is 5. The Morgan fingerprint density at radius 3 is 2.30 bits per heavy atom. The van der Waals surface area contributed by atoms with Crippen LogP contribution in [0.5, 0.6) is 0 Å². The monoisotopic (exact) mass is 448 g/mol. The highest BCUT2D eigenvalue weighted by molar-refractivity contribution is 6.35. The summed E-state index contributed by atoms with van der Waals surface area (Å²) in [6, 6.07) is 8.36. The summed E-state index contributed by atoms with van der Waals surface area (Å²) < 4.78 is 5.20. The van der Waals surface area contributed by atoms with Gasteiger partial charge in [-0.2, -0.15) is 0 Å². The molecular formula is C21H18Cl2N2O5. The first-order valence-corrected chi connectivity index (χ1v) is 9.84. The fraction of sp³-hybridized carbons (Fsp3) is 0.238. The van der Waals surface area contributed by atoms with Crippen LogP contribution in [0.3, 0.4) is 0 Å². The molecule has 0 aromatic heterocycles. The highest BCUT2D eigenvalue weighted by atomic mass is 35.5. The van der Waals surface area contributed by atoms with Crippen molar-refractivity contribution in [3.8, 4) is 0 Å². The van der Waals surface area contributed by atoms with Crippen LogP contribution >= 0.6 is 23.2 Å². The highest BCUT2D eigenvalue weighted by Crippen LogP contribution is 2.27. The molecule has 3 amide bonds. The summed E-state index contributed by atoms with van der Waals surface area (Å²) in [6.07, 6.45) is -1.15. The lowest BCUT2D eigenvalue weighted by atomic mass is 10.1. The lowest BCUT2D eigenvalue weighted by Crippen LogP contribution is -2.35. The first-order valence-electron chi connectivity index (χ1n) is 9.09. The predicted octanol–water partition coefficient (Wildman–Crippen LogP) is 4.18. The Balaban J connectivity index is 1.72. The molecule has 2 aromatic carbocycles. The molecule has 2 aromatic rings. The van der Waals surface area contributed by atoms with E-state index >= 15 is 0 Å². The number of anilines is 1. The van der Waals surface area contributed by atoms with E-state index in [0.29, 0.717) is 5.02 Å². The van der Waals surface area contributed by atoms with Gasteiger partial charge in [-0.1, -0.05) is 23.2 Å². The quantitative estimate of drug-likeness (QED) is 0.546. The molecule has 1 N–H and O–H groups in total. The summed E-state index contributed by atoms with van der Waals surface area (Å²) >= 11 is 11.9. The lowest BCUT2D eigenvalue weighted by molar-refractivity contribution is -0.123. The van der Waals surface area contributed by atoms with Crippen LogP contribution in [0.1, 0.15) is 51.8 Å². The van der Waals surface area contributed by atoms with Crippen molar-refractivity contribution in [3.63, 3.8) is 0 Å². The lowest BCUT2D eigenvalue weighted by Gasteiger charge is -2.17. The van der Waals surface area contributed by atoms with Gasteiger partial charge in [-0.3, -0.25) is 19.3 Å². The third-order valence-electron chi connectivity index (χ3n) is 4.51. The van der Waals surface area contributed by atoms with Gasteiger partial charge >= 0.3 is 5.97 Å². The molecular weight excluding hydrogens is 431 g/mol. The number of imide groups is 1. The second-order valence-corrected chi connectivity index (χ2v) is 7.84. The van der Waals surface area contributed by atoms with Gasteiger partial charge < -0.3 is 10.1 Å². The number of esters is 1. The van der Waals surface area contributed by atoms with Crippen LogP contribution in [0.25, 0.3) is 0 Å². The van der Waals surface area contributed by atoms with E-state index in [1.54, 1.807) is 19.9 Å². The predicted molar refractivity (Wildman–Crippen MR) is 112 cm³/mol. The Kier molecular flexibility index (Phi) is 6.14. The van der Waals surface area contributed by atoms with Gasteiger partial charge in [-0.15, -0.1) is 0 Å². The number of amides is 3. The number of fused-ring (bicyclic) bond motifs is 1. The Morgan fingerprint density at radius 2 is 1.63 bits per heavy atom. The fourth-order valence-corrected chi connectivity index (χ4v) is 3.30. The van der Waals surface area contributed by atoms with Crippen molar-refractivity contribution in [1.29, 1.82) is 0 Å². The molecule has 0 radical (unpaired) electrons. The number of nitrogens with one attached hydrogen (secondary N) is 1. The molecule has 0 saturated heterocycles. The van der Waals surface area contributed by atoms with Crippen LogP contribution in [0.4, 0.5) is 5.69 Å². The number of rotatable bonds is 5. The van der Waals surface area contributed by atoms with E-state index < -0.39 is 29.8 Å². The molecule has 1 heterocycles. The van der Waals surface area contributed by atoms with Gasteiger partial charge in [0, 0.05) is 11.1 Å². The van der Waals surface area contributed by atoms with Crippen molar-refractivity contribution in [2.24, 2.45) is 0 Å². The second-order valence-electron chi connectivity index (χ2n) is 7.00. The normalized spacial score (nSPS) is 14.0. The van der Waals surface area contributed by atoms with Gasteiger partial charge in [-0.25, -0.2) is 4.79 Å². The number of halogens is 2. The summed E-state index contributed by atoms with van der Waals surface area (Å²) in [6.45, 7) is 4.85. The van der Waals surface area contributed by atoms with Crippen LogP contribution in [-0.2, 0) is 9.53 Å². The number of carbonyl (C=O) groups excluding carboxylic acids is 4. The Bertz CT molecular complexity index is 1070. The van der Waals surface area contributed by atoms with Crippen molar-refractivity contribution in [1.82, 2.24) is 4.90 Å². The molecule has 1 aliphatic rings. The third kappa shape index (κ3) is 4.17. The van der Waals surface area contributed by atoms with E-state index in [1.165, 1.54) is 37.3 Å². The molecule has 0 bridgehead atoms. The standard InChI is InChI=1S/C21H18Cl2N2O5/c1-10(2)25-19(27)14-6-4-12(8-15(14)20(25)28)21(29)30-11(3)18(26)24-17-9-13(22)5-7-16(17)23/h4-11H,1-3H3,(H,24,26). The fourth-order valence-electron chi connectivity index (χ4n) is 2.97. The molecule has 30 heavy (non-hydrogen) atoms.